The maximum Gasteiger partial charge on any atom is 0.354 e. The molecule has 0 radical (unpaired) electrons. The Morgan fingerprint density at radius 3 is 2.95 bits per heavy atom. The van der Waals surface area contributed by atoms with Crippen molar-refractivity contribution in [3.63, 3.8) is 0 Å². The second kappa shape index (κ2) is 5.69. The lowest BCUT2D eigenvalue weighted by atomic mass is 10.0. The molecule has 2 aromatic rings. The number of hydrogen-bond donors (Lipinski definition) is 1. The molecule has 0 unspecified atom stereocenters. The Kier molecular flexibility index (Phi) is 3.75. The lowest BCUT2D eigenvalue weighted by Crippen LogP contribution is -2.16. The molecular weight excluding hydrogens is 268 g/mol. The number of carboxylic acid groups (broad SMARTS) is 1. The molecule has 0 fully saturated rings. The largest absolute Gasteiger partial charge is 0.477 e. The van der Waals surface area contributed by atoms with Crippen molar-refractivity contribution in [3.05, 3.63) is 41.3 Å². The smallest absolute Gasteiger partial charge is 0.354 e. The Bertz CT molecular complexity index is 676. The summed E-state index contributed by atoms with van der Waals surface area (Å²) in [5.41, 5.74) is 2.66. The van der Waals surface area contributed by atoms with E-state index in [1.807, 2.05) is 28.8 Å². The Labute approximate surface area is 123 Å². The zero-order valence-corrected chi connectivity index (χ0v) is 12.0. The fraction of sp³-hybridized carbons (Fsp3) is 0.375. The molecule has 1 N–H and O–H groups in total. The Morgan fingerprint density at radius 1 is 1.38 bits per heavy atom. The fourth-order valence-electron chi connectivity index (χ4n) is 2.92. The van der Waals surface area contributed by atoms with E-state index < -0.39 is 5.97 Å². The first kappa shape index (κ1) is 13.8. The third kappa shape index (κ3) is 2.45. The van der Waals surface area contributed by atoms with E-state index in [2.05, 4.69) is 4.98 Å². The molecule has 110 valence electrons. The van der Waals surface area contributed by atoms with Gasteiger partial charge in [0.2, 0.25) is 0 Å². The number of rotatable bonds is 4. The minimum absolute atomic E-state index is 0.299. The van der Waals surface area contributed by atoms with E-state index in [1.165, 1.54) is 0 Å². The maximum absolute atomic E-state index is 11.7. The zero-order chi connectivity index (χ0) is 14.8. The second-order valence-corrected chi connectivity index (χ2v) is 5.23. The summed E-state index contributed by atoms with van der Waals surface area (Å²) in [6.45, 7) is 1.17. The monoisotopic (exact) mass is 286 g/mol. The topological polar surface area (TPSA) is 64.4 Å². The number of aryl methyl sites for hydroxylation is 1. The quantitative estimate of drug-likeness (QED) is 0.938. The molecule has 0 saturated heterocycles. The van der Waals surface area contributed by atoms with Gasteiger partial charge in [-0.2, -0.15) is 0 Å². The van der Waals surface area contributed by atoms with Gasteiger partial charge in [-0.25, -0.2) is 9.78 Å². The van der Waals surface area contributed by atoms with Gasteiger partial charge in [-0.15, -0.1) is 0 Å². The van der Waals surface area contributed by atoms with Crippen molar-refractivity contribution < 1.29 is 14.6 Å². The first-order valence-electron chi connectivity index (χ1n) is 7.12. The normalized spacial score (nSPS) is 14.0. The van der Waals surface area contributed by atoms with Crippen molar-refractivity contribution in [2.45, 2.75) is 32.4 Å². The molecule has 1 aliphatic rings. The average Bonchev–Trinajstić information content (AvgIpc) is 2.87. The number of ether oxygens (including phenoxy) is 1. The average molecular weight is 286 g/mol. The summed E-state index contributed by atoms with van der Waals surface area (Å²) in [7, 11) is 1.63. The molecule has 5 heteroatoms. The van der Waals surface area contributed by atoms with Crippen LogP contribution in [0.3, 0.4) is 0 Å². The molecular formula is C16H18N2O3. The van der Waals surface area contributed by atoms with Crippen LogP contribution in [0.5, 0.6) is 0 Å². The van der Waals surface area contributed by atoms with Gasteiger partial charge >= 0.3 is 5.97 Å². The summed E-state index contributed by atoms with van der Waals surface area (Å²) in [5.74, 6) is -0.0428. The van der Waals surface area contributed by atoms with Gasteiger partial charge in [0.15, 0.2) is 5.69 Å². The number of carbonyl (C=O) groups is 1. The molecule has 0 aliphatic carbocycles. The molecule has 1 aromatic heterocycles. The van der Waals surface area contributed by atoms with E-state index in [0.29, 0.717) is 18.0 Å². The molecule has 3 rings (SSSR count). The van der Waals surface area contributed by atoms with E-state index in [0.717, 1.165) is 42.8 Å². The summed E-state index contributed by atoms with van der Waals surface area (Å²) in [6.07, 6.45) is 2.91. The molecule has 0 bridgehead atoms. The van der Waals surface area contributed by atoms with Crippen LogP contribution in [0.25, 0.3) is 11.3 Å². The lowest BCUT2D eigenvalue weighted by Gasteiger charge is -2.14. The van der Waals surface area contributed by atoms with Crippen molar-refractivity contribution >= 4 is 5.97 Å². The number of aromatic carboxylic acids is 1. The highest BCUT2D eigenvalue weighted by molar-refractivity contribution is 5.94. The van der Waals surface area contributed by atoms with E-state index in [-0.39, 0.29) is 0 Å². The van der Waals surface area contributed by atoms with E-state index in [9.17, 15) is 9.90 Å². The van der Waals surface area contributed by atoms with Crippen LogP contribution in [-0.2, 0) is 24.3 Å². The van der Waals surface area contributed by atoms with Gasteiger partial charge in [-0.05, 0) is 18.4 Å². The van der Waals surface area contributed by atoms with Gasteiger partial charge in [0.05, 0.1) is 6.61 Å². The predicted octanol–water partition coefficient (Wildman–Crippen LogP) is 2.73. The fourth-order valence-corrected chi connectivity index (χ4v) is 2.92. The van der Waals surface area contributed by atoms with Crippen molar-refractivity contribution in [1.82, 2.24) is 9.55 Å². The predicted molar refractivity (Wildman–Crippen MR) is 78.3 cm³/mol. The van der Waals surface area contributed by atoms with Crippen LogP contribution in [0.15, 0.2) is 24.3 Å². The zero-order valence-electron chi connectivity index (χ0n) is 12.0. The minimum Gasteiger partial charge on any atom is -0.477 e. The first-order valence-corrected chi connectivity index (χ1v) is 7.12. The molecule has 0 atom stereocenters. The van der Waals surface area contributed by atoms with Crippen molar-refractivity contribution in [2.24, 2.45) is 0 Å². The summed E-state index contributed by atoms with van der Waals surface area (Å²) >= 11 is 0. The molecule has 1 aliphatic heterocycles. The molecule has 5 nitrogen and oxygen atoms in total. The van der Waals surface area contributed by atoms with Gasteiger partial charge in [-0.1, -0.05) is 24.3 Å². The van der Waals surface area contributed by atoms with Crippen LogP contribution in [0.4, 0.5) is 0 Å². The third-order valence-electron chi connectivity index (χ3n) is 3.85. The molecule has 0 amide bonds. The van der Waals surface area contributed by atoms with Crippen LogP contribution in [0.1, 0.15) is 34.7 Å². The highest BCUT2D eigenvalue weighted by Crippen LogP contribution is 2.30. The van der Waals surface area contributed by atoms with Gasteiger partial charge in [0, 0.05) is 25.6 Å². The minimum atomic E-state index is -0.919. The van der Waals surface area contributed by atoms with Crippen LogP contribution in [-0.4, -0.2) is 27.7 Å². The number of hydrogen-bond acceptors (Lipinski definition) is 3. The number of benzene rings is 1. The third-order valence-corrected chi connectivity index (χ3v) is 3.85. The highest BCUT2D eigenvalue weighted by atomic mass is 16.5. The number of carboxylic acids is 1. The van der Waals surface area contributed by atoms with E-state index >= 15 is 0 Å². The molecule has 21 heavy (non-hydrogen) atoms. The summed E-state index contributed by atoms with van der Waals surface area (Å²) in [4.78, 5) is 16.3. The van der Waals surface area contributed by atoms with Crippen LogP contribution >= 0.6 is 0 Å². The van der Waals surface area contributed by atoms with Crippen LogP contribution < -0.4 is 0 Å². The Hall–Kier alpha value is -2.14. The van der Waals surface area contributed by atoms with Gasteiger partial charge < -0.3 is 14.4 Å². The summed E-state index contributed by atoms with van der Waals surface area (Å²) < 4.78 is 7.06. The van der Waals surface area contributed by atoms with Crippen molar-refractivity contribution in [3.8, 4) is 11.3 Å². The molecule has 2 heterocycles. The number of nitrogens with zero attached hydrogens (tertiary/aromatic N) is 2. The number of imidazole rings is 1. The van der Waals surface area contributed by atoms with Crippen molar-refractivity contribution in [2.75, 3.05) is 7.11 Å². The Morgan fingerprint density at radius 2 is 2.19 bits per heavy atom. The molecule has 1 aromatic carbocycles. The number of methoxy groups -OCH3 is 1. The lowest BCUT2D eigenvalue weighted by molar-refractivity contribution is 0.0684. The molecule has 0 saturated carbocycles. The van der Waals surface area contributed by atoms with Crippen molar-refractivity contribution in [1.29, 1.82) is 0 Å². The van der Waals surface area contributed by atoms with E-state index in [1.54, 1.807) is 7.11 Å². The van der Waals surface area contributed by atoms with Crippen LogP contribution in [0.2, 0.25) is 0 Å². The standard InChI is InChI=1S/C16H18N2O3/c1-21-10-11-6-2-3-7-12(11)14-15(16(19)20)18-9-5-4-8-13(18)17-14/h2-3,6-7H,4-5,8-10H2,1H3,(H,19,20). The second-order valence-electron chi connectivity index (χ2n) is 5.23. The number of fused-ring (bicyclic) bond motifs is 1. The van der Waals surface area contributed by atoms with Gasteiger partial charge in [-0.3, -0.25) is 0 Å². The summed E-state index contributed by atoms with van der Waals surface area (Å²) in [5, 5.41) is 9.60. The van der Waals surface area contributed by atoms with Gasteiger partial charge in [0.25, 0.3) is 0 Å². The highest BCUT2D eigenvalue weighted by Gasteiger charge is 2.26. The molecule has 0 spiro atoms. The van der Waals surface area contributed by atoms with Crippen LogP contribution in [0, 0.1) is 0 Å². The summed E-state index contributed by atoms with van der Waals surface area (Å²) in [6, 6.07) is 7.69. The van der Waals surface area contributed by atoms with E-state index in [4.69, 9.17) is 4.74 Å². The Balaban J connectivity index is 2.18. The number of aromatic nitrogens is 2. The van der Waals surface area contributed by atoms with Gasteiger partial charge in [0.1, 0.15) is 11.5 Å². The SMILES string of the molecule is COCc1ccccc1-c1nc2n(c1C(=O)O)CCCC2. The maximum atomic E-state index is 11.7. The first-order chi connectivity index (χ1) is 10.2.